The third kappa shape index (κ3) is 10.3. The van der Waals surface area contributed by atoms with E-state index in [0.717, 1.165) is 0 Å². The number of carbonyl (C=O) groups excluding carboxylic acids is 3. The predicted octanol–water partition coefficient (Wildman–Crippen LogP) is 0.593. The monoisotopic (exact) mass is 305 g/mol. The van der Waals surface area contributed by atoms with Gasteiger partial charge in [-0.25, -0.2) is 14.4 Å². The zero-order valence-corrected chi connectivity index (χ0v) is 12.6. The highest BCUT2D eigenvalue weighted by molar-refractivity contribution is 5.68. The maximum Gasteiger partial charge on any atom is 0.407 e. The summed E-state index contributed by atoms with van der Waals surface area (Å²) in [6.45, 7) is 0.780. The zero-order valence-electron chi connectivity index (χ0n) is 12.6. The molecule has 0 aromatic heterocycles. The third-order valence-electron chi connectivity index (χ3n) is 2.64. The summed E-state index contributed by atoms with van der Waals surface area (Å²) in [5.41, 5.74) is 0. The van der Waals surface area contributed by atoms with Crippen LogP contribution in [0.5, 0.6) is 0 Å². The molecule has 0 heterocycles. The number of hydrogen-bond donors (Lipinski definition) is 3. The third-order valence-corrected chi connectivity index (χ3v) is 2.64. The fraction of sp³-hybridized carbons (Fsp3) is 0.750. The summed E-state index contributed by atoms with van der Waals surface area (Å²) >= 11 is 0. The number of methoxy groups -OCH3 is 3. The molecule has 0 radical (unpaired) electrons. The Morgan fingerprint density at radius 3 is 1.86 bits per heavy atom. The first-order valence-electron chi connectivity index (χ1n) is 6.51. The average Bonchev–Trinajstić information content (AvgIpc) is 2.50. The summed E-state index contributed by atoms with van der Waals surface area (Å²) in [7, 11) is 3.84. The first-order valence-corrected chi connectivity index (χ1v) is 6.51. The van der Waals surface area contributed by atoms with E-state index in [1.165, 1.54) is 21.3 Å². The van der Waals surface area contributed by atoms with Crippen molar-refractivity contribution in [2.24, 2.45) is 0 Å². The molecule has 0 aliphatic heterocycles. The lowest BCUT2D eigenvalue weighted by Gasteiger charge is -2.18. The molecule has 0 fully saturated rings. The van der Waals surface area contributed by atoms with E-state index in [9.17, 15) is 14.4 Å². The van der Waals surface area contributed by atoms with Crippen LogP contribution in [0.2, 0.25) is 0 Å². The molecular formula is C12H23N3O6. The average molecular weight is 305 g/mol. The van der Waals surface area contributed by atoms with Gasteiger partial charge in [0.15, 0.2) is 0 Å². The molecule has 9 nitrogen and oxygen atoms in total. The molecule has 0 aliphatic rings. The second kappa shape index (κ2) is 11.6. The van der Waals surface area contributed by atoms with Crippen molar-refractivity contribution in [1.82, 2.24) is 16.0 Å². The molecule has 21 heavy (non-hydrogen) atoms. The van der Waals surface area contributed by atoms with Crippen LogP contribution < -0.4 is 16.0 Å². The molecule has 3 amide bonds. The molecule has 122 valence electrons. The second-order valence-electron chi connectivity index (χ2n) is 4.10. The highest BCUT2D eigenvalue weighted by atomic mass is 16.5. The van der Waals surface area contributed by atoms with E-state index in [2.05, 4.69) is 30.2 Å². The molecule has 0 bridgehead atoms. The van der Waals surface area contributed by atoms with Gasteiger partial charge >= 0.3 is 18.3 Å². The number of nitrogens with one attached hydrogen (secondary N) is 3. The quantitative estimate of drug-likeness (QED) is 0.446. The molecule has 0 spiro atoms. The Kier molecular flexibility index (Phi) is 10.4. The van der Waals surface area contributed by atoms with Crippen LogP contribution in [-0.2, 0) is 14.2 Å². The van der Waals surface area contributed by atoms with Gasteiger partial charge in [0.05, 0.1) is 21.3 Å². The van der Waals surface area contributed by atoms with Crippen LogP contribution in [0, 0.1) is 0 Å². The van der Waals surface area contributed by atoms with Crippen molar-refractivity contribution in [2.75, 3.05) is 34.4 Å². The first kappa shape index (κ1) is 18.8. The Morgan fingerprint density at radius 1 is 0.810 bits per heavy atom. The molecule has 9 heteroatoms. The van der Waals surface area contributed by atoms with Crippen molar-refractivity contribution in [3.63, 3.8) is 0 Å². The van der Waals surface area contributed by atoms with Gasteiger partial charge in [-0.05, 0) is 19.3 Å². The normalized spacial score (nSPS) is 11.0. The van der Waals surface area contributed by atoms with Crippen LogP contribution in [-0.4, -0.2) is 58.7 Å². The Morgan fingerprint density at radius 2 is 1.33 bits per heavy atom. The zero-order chi connectivity index (χ0) is 16.1. The van der Waals surface area contributed by atoms with E-state index in [4.69, 9.17) is 0 Å². The minimum atomic E-state index is -0.543. The predicted molar refractivity (Wildman–Crippen MR) is 74.0 cm³/mol. The maximum absolute atomic E-state index is 11.2. The summed E-state index contributed by atoms with van der Waals surface area (Å²) in [6, 6.07) is -0.186. The first-order chi connectivity index (χ1) is 10.0. The number of ether oxygens (including phenoxy) is 3. The smallest absolute Gasteiger partial charge is 0.407 e. The molecule has 1 unspecified atom stereocenters. The number of hydrogen-bond acceptors (Lipinski definition) is 6. The molecule has 0 aromatic rings. The van der Waals surface area contributed by atoms with E-state index in [0.29, 0.717) is 32.4 Å². The van der Waals surface area contributed by atoms with E-state index >= 15 is 0 Å². The van der Waals surface area contributed by atoms with Crippen LogP contribution >= 0.6 is 0 Å². The molecule has 0 aromatic carbocycles. The van der Waals surface area contributed by atoms with Crippen molar-refractivity contribution < 1.29 is 28.6 Å². The standard InChI is InChI=1S/C12H23N3O6/c1-19-10(16)13-7-4-5-9(15-12(18)21-3)6-8-14-11(17)20-2/h9H,4-8H2,1-3H3,(H,13,16)(H,14,17)(H,15,18). The van der Waals surface area contributed by atoms with Gasteiger partial charge in [-0.2, -0.15) is 0 Å². The fourth-order valence-corrected chi connectivity index (χ4v) is 1.55. The van der Waals surface area contributed by atoms with Gasteiger partial charge in [-0.15, -0.1) is 0 Å². The van der Waals surface area contributed by atoms with Crippen LogP contribution in [0.1, 0.15) is 19.3 Å². The topological polar surface area (TPSA) is 115 Å². The van der Waals surface area contributed by atoms with Crippen LogP contribution in [0.15, 0.2) is 0 Å². The van der Waals surface area contributed by atoms with Crippen molar-refractivity contribution >= 4 is 18.3 Å². The van der Waals surface area contributed by atoms with E-state index in [1.807, 2.05) is 0 Å². The Hall–Kier alpha value is -2.19. The SMILES string of the molecule is COC(=O)NCCCC(CCNC(=O)OC)NC(=O)OC. The van der Waals surface area contributed by atoms with E-state index in [-0.39, 0.29) is 6.04 Å². The number of amides is 3. The number of rotatable bonds is 8. The molecule has 0 rings (SSSR count). The molecule has 0 saturated carbocycles. The molecule has 0 aliphatic carbocycles. The van der Waals surface area contributed by atoms with Gasteiger partial charge in [-0.3, -0.25) is 0 Å². The summed E-state index contributed by atoms with van der Waals surface area (Å²) in [5, 5.41) is 7.74. The van der Waals surface area contributed by atoms with Crippen molar-refractivity contribution in [3.8, 4) is 0 Å². The maximum atomic E-state index is 11.2. The van der Waals surface area contributed by atoms with Gasteiger partial charge in [-0.1, -0.05) is 0 Å². The molecule has 0 saturated heterocycles. The molecular weight excluding hydrogens is 282 g/mol. The summed E-state index contributed by atoms with van der Waals surface area (Å²) < 4.78 is 13.4. The van der Waals surface area contributed by atoms with Crippen molar-refractivity contribution in [1.29, 1.82) is 0 Å². The Labute approximate surface area is 123 Å². The number of carbonyl (C=O) groups is 3. The van der Waals surface area contributed by atoms with Crippen LogP contribution in [0.25, 0.3) is 0 Å². The van der Waals surface area contributed by atoms with Gasteiger partial charge in [0.25, 0.3) is 0 Å². The summed E-state index contributed by atoms with van der Waals surface area (Å²) in [4.78, 5) is 33.0. The van der Waals surface area contributed by atoms with Crippen molar-refractivity contribution in [3.05, 3.63) is 0 Å². The second-order valence-corrected chi connectivity index (χ2v) is 4.10. The molecule has 1 atom stereocenters. The number of alkyl carbamates (subject to hydrolysis) is 3. The highest BCUT2D eigenvalue weighted by Crippen LogP contribution is 2.02. The van der Waals surface area contributed by atoms with Crippen molar-refractivity contribution in [2.45, 2.75) is 25.3 Å². The van der Waals surface area contributed by atoms with Gasteiger partial charge in [0.1, 0.15) is 0 Å². The minimum absolute atomic E-state index is 0.186. The lowest BCUT2D eigenvalue weighted by atomic mass is 10.1. The largest absolute Gasteiger partial charge is 0.453 e. The lowest BCUT2D eigenvalue weighted by molar-refractivity contribution is 0.162. The Balaban J connectivity index is 4.04. The van der Waals surface area contributed by atoms with Crippen LogP contribution in [0.3, 0.4) is 0 Å². The Bertz CT molecular complexity index is 337. The van der Waals surface area contributed by atoms with Gasteiger partial charge in [0.2, 0.25) is 0 Å². The molecule has 3 N–H and O–H groups in total. The van der Waals surface area contributed by atoms with Crippen LogP contribution in [0.4, 0.5) is 14.4 Å². The van der Waals surface area contributed by atoms with Gasteiger partial charge in [0, 0.05) is 19.1 Å². The van der Waals surface area contributed by atoms with Gasteiger partial charge < -0.3 is 30.2 Å². The summed E-state index contributed by atoms with van der Waals surface area (Å²) in [5.74, 6) is 0. The van der Waals surface area contributed by atoms with E-state index < -0.39 is 18.3 Å². The minimum Gasteiger partial charge on any atom is -0.453 e. The van der Waals surface area contributed by atoms with E-state index in [1.54, 1.807) is 0 Å². The highest BCUT2D eigenvalue weighted by Gasteiger charge is 2.13. The summed E-state index contributed by atoms with van der Waals surface area (Å²) in [6.07, 6.45) is 0.199. The lowest BCUT2D eigenvalue weighted by Crippen LogP contribution is -2.38. The fourth-order valence-electron chi connectivity index (χ4n) is 1.55.